The molecular formula is C13H20NO4. The zero-order valence-electron chi connectivity index (χ0n) is 10.2. The summed E-state index contributed by atoms with van der Waals surface area (Å²) in [5, 5.41) is 36.6. The molecule has 0 fully saturated rings. The highest BCUT2D eigenvalue weighted by molar-refractivity contribution is 5.13. The molecule has 0 bridgehead atoms. The van der Waals surface area contributed by atoms with Crippen LogP contribution in [0.5, 0.6) is 0 Å². The van der Waals surface area contributed by atoms with Crippen LogP contribution in [0, 0.1) is 6.07 Å². The van der Waals surface area contributed by atoms with Crippen molar-refractivity contribution >= 4 is 0 Å². The van der Waals surface area contributed by atoms with Crippen molar-refractivity contribution in [3.05, 3.63) is 35.9 Å². The number of aliphatic hydroxyl groups is 4. The van der Waals surface area contributed by atoms with Gasteiger partial charge in [0.15, 0.2) is 0 Å². The van der Waals surface area contributed by atoms with Crippen molar-refractivity contribution in [2.24, 2.45) is 0 Å². The number of hydrogen-bond acceptors (Lipinski definition) is 5. The van der Waals surface area contributed by atoms with Crippen molar-refractivity contribution in [1.29, 1.82) is 0 Å². The van der Waals surface area contributed by atoms with Crippen LogP contribution in [0.3, 0.4) is 0 Å². The van der Waals surface area contributed by atoms with Crippen molar-refractivity contribution in [2.45, 2.75) is 18.8 Å². The van der Waals surface area contributed by atoms with Crippen LogP contribution in [0.4, 0.5) is 0 Å². The summed E-state index contributed by atoms with van der Waals surface area (Å²) in [6.45, 7) is 0.365. The molecule has 4 N–H and O–H groups in total. The second kappa shape index (κ2) is 8.18. The van der Waals surface area contributed by atoms with Crippen molar-refractivity contribution in [1.82, 2.24) is 4.90 Å². The normalized spacial score (nSPS) is 14.7. The lowest BCUT2D eigenvalue weighted by Crippen LogP contribution is -2.39. The highest BCUT2D eigenvalue weighted by Crippen LogP contribution is 2.06. The van der Waals surface area contributed by atoms with Gasteiger partial charge in [0.1, 0.15) is 0 Å². The van der Waals surface area contributed by atoms with E-state index in [1.807, 2.05) is 12.1 Å². The molecule has 2 atom stereocenters. The maximum absolute atomic E-state index is 9.45. The first kappa shape index (κ1) is 15.1. The number of nitrogens with zero attached hydrogens (tertiary/aromatic N) is 1. The summed E-state index contributed by atoms with van der Waals surface area (Å²) in [6.07, 6.45) is -1.71. The highest BCUT2D eigenvalue weighted by atomic mass is 16.3. The van der Waals surface area contributed by atoms with E-state index < -0.39 is 12.2 Å². The van der Waals surface area contributed by atoms with Crippen LogP contribution < -0.4 is 0 Å². The van der Waals surface area contributed by atoms with Crippen LogP contribution in [0.15, 0.2) is 24.3 Å². The molecule has 0 saturated heterocycles. The number of aliphatic hydroxyl groups excluding tert-OH is 4. The second-order valence-electron chi connectivity index (χ2n) is 4.28. The summed E-state index contributed by atoms with van der Waals surface area (Å²) in [5.74, 6) is 0. The van der Waals surface area contributed by atoms with Gasteiger partial charge in [-0.25, -0.2) is 0 Å². The molecule has 0 aliphatic carbocycles. The maximum Gasteiger partial charge on any atom is 0.0897 e. The molecule has 101 valence electrons. The standard InChI is InChI=1S/C13H20NO4/c15-9-12(17)7-14(8-13(18)10-16)6-11-4-2-1-3-5-11/h2-5,12-13,15-18H,6-10H2. The Morgan fingerprint density at radius 1 is 1.00 bits per heavy atom. The Hall–Kier alpha value is -0.980. The minimum absolute atomic E-state index is 0.242. The van der Waals surface area contributed by atoms with Gasteiger partial charge >= 0.3 is 0 Å². The summed E-state index contributed by atoms with van der Waals surface area (Å²) < 4.78 is 0. The van der Waals surface area contributed by atoms with E-state index >= 15 is 0 Å². The second-order valence-corrected chi connectivity index (χ2v) is 4.28. The van der Waals surface area contributed by atoms with Gasteiger partial charge in [0.25, 0.3) is 0 Å². The molecule has 0 aromatic heterocycles. The minimum atomic E-state index is -0.855. The SMILES string of the molecule is OCC(O)CN(Cc1cc[c]cc1)CC(O)CO. The summed E-state index contributed by atoms with van der Waals surface area (Å²) in [5.41, 5.74) is 1.02. The fraction of sp³-hybridized carbons (Fsp3) is 0.538. The van der Waals surface area contributed by atoms with Crippen LogP contribution in [0.25, 0.3) is 0 Å². The van der Waals surface area contributed by atoms with Crippen LogP contribution in [-0.2, 0) is 6.54 Å². The predicted octanol–water partition coefficient (Wildman–Crippen LogP) is -1.00. The van der Waals surface area contributed by atoms with Gasteiger partial charge in [0.2, 0.25) is 0 Å². The average Bonchev–Trinajstić information content (AvgIpc) is 2.39. The summed E-state index contributed by atoms with van der Waals surface area (Å²) in [7, 11) is 0. The first-order valence-electron chi connectivity index (χ1n) is 5.91. The van der Waals surface area contributed by atoms with Crippen molar-refractivity contribution in [3.63, 3.8) is 0 Å². The van der Waals surface area contributed by atoms with E-state index in [1.165, 1.54) is 0 Å². The Labute approximate surface area is 107 Å². The lowest BCUT2D eigenvalue weighted by molar-refractivity contribution is 0.0204. The molecule has 1 aromatic rings. The lowest BCUT2D eigenvalue weighted by atomic mass is 10.2. The summed E-state index contributed by atoms with van der Waals surface area (Å²) in [6, 6.07) is 10.3. The lowest BCUT2D eigenvalue weighted by Gasteiger charge is -2.26. The van der Waals surface area contributed by atoms with Crippen molar-refractivity contribution in [3.8, 4) is 0 Å². The van der Waals surface area contributed by atoms with E-state index in [-0.39, 0.29) is 26.3 Å². The molecule has 0 spiro atoms. The Bertz CT molecular complexity index is 308. The molecule has 18 heavy (non-hydrogen) atoms. The first-order chi connectivity index (χ1) is 8.65. The molecule has 5 nitrogen and oxygen atoms in total. The molecule has 5 heteroatoms. The first-order valence-corrected chi connectivity index (χ1v) is 5.91. The fourth-order valence-electron chi connectivity index (χ4n) is 1.70. The molecule has 0 amide bonds. The van der Waals surface area contributed by atoms with E-state index in [0.717, 1.165) is 5.56 Å². The van der Waals surface area contributed by atoms with Crippen LogP contribution in [0.1, 0.15) is 5.56 Å². The molecule has 0 heterocycles. The van der Waals surface area contributed by atoms with Gasteiger partial charge in [-0.15, -0.1) is 0 Å². The van der Waals surface area contributed by atoms with E-state index in [0.29, 0.717) is 6.54 Å². The quantitative estimate of drug-likeness (QED) is 0.478. The highest BCUT2D eigenvalue weighted by Gasteiger charge is 2.15. The molecule has 0 aliphatic heterocycles. The van der Waals surface area contributed by atoms with Gasteiger partial charge in [-0.05, 0) is 11.6 Å². The number of benzene rings is 1. The molecular weight excluding hydrogens is 234 g/mol. The van der Waals surface area contributed by atoms with Gasteiger partial charge in [-0.2, -0.15) is 0 Å². The Balaban J connectivity index is 2.59. The molecule has 2 unspecified atom stereocenters. The van der Waals surface area contributed by atoms with E-state index in [1.54, 1.807) is 17.0 Å². The molecule has 0 saturated carbocycles. The van der Waals surface area contributed by atoms with E-state index in [2.05, 4.69) is 6.07 Å². The minimum Gasteiger partial charge on any atom is -0.394 e. The predicted molar refractivity (Wildman–Crippen MR) is 66.7 cm³/mol. The van der Waals surface area contributed by atoms with Gasteiger partial charge in [-0.1, -0.05) is 24.3 Å². The fourth-order valence-corrected chi connectivity index (χ4v) is 1.70. The van der Waals surface area contributed by atoms with Gasteiger partial charge in [0, 0.05) is 19.6 Å². The number of hydrogen-bond donors (Lipinski definition) is 4. The third-order valence-electron chi connectivity index (χ3n) is 2.55. The maximum atomic E-state index is 9.45. The van der Waals surface area contributed by atoms with Crippen LogP contribution >= 0.6 is 0 Å². The molecule has 1 rings (SSSR count). The summed E-state index contributed by atoms with van der Waals surface area (Å²) >= 11 is 0. The van der Waals surface area contributed by atoms with Gasteiger partial charge in [-0.3, -0.25) is 4.90 Å². The smallest absolute Gasteiger partial charge is 0.0897 e. The number of rotatable bonds is 8. The molecule has 1 radical (unpaired) electrons. The zero-order chi connectivity index (χ0) is 13.4. The third-order valence-corrected chi connectivity index (χ3v) is 2.55. The topological polar surface area (TPSA) is 84.2 Å². The van der Waals surface area contributed by atoms with Crippen molar-refractivity contribution < 1.29 is 20.4 Å². The third kappa shape index (κ3) is 5.57. The Morgan fingerprint density at radius 2 is 1.50 bits per heavy atom. The van der Waals surface area contributed by atoms with Crippen molar-refractivity contribution in [2.75, 3.05) is 26.3 Å². The van der Waals surface area contributed by atoms with E-state index in [9.17, 15) is 10.2 Å². The summed E-state index contributed by atoms with van der Waals surface area (Å²) in [4.78, 5) is 1.79. The Morgan fingerprint density at radius 3 is 1.94 bits per heavy atom. The van der Waals surface area contributed by atoms with Crippen LogP contribution in [0.2, 0.25) is 0 Å². The average molecular weight is 254 g/mol. The monoisotopic (exact) mass is 254 g/mol. The van der Waals surface area contributed by atoms with Crippen LogP contribution in [-0.4, -0.2) is 63.8 Å². The Kier molecular flexibility index (Phi) is 6.85. The zero-order valence-corrected chi connectivity index (χ0v) is 10.2. The molecule has 1 aromatic carbocycles. The van der Waals surface area contributed by atoms with Gasteiger partial charge < -0.3 is 20.4 Å². The largest absolute Gasteiger partial charge is 0.394 e. The molecule has 0 aliphatic rings. The van der Waals surface area contributed by atoms with Gasteiger partial charge in [0.05, 0.1) is 25.4 Å². The van der Waals surface area contributed by atoms with E-state index in [4.69, 9.17) is 10.2 Å².